The molecule has 2 saturated carbocycles. The Labute approximate surface area is 218 Å². The minimum absolute atomic E-state index is 0.285. The molecule has 0 radical (unpaired) electrons. The number of carbonyl (C=O) groups is 1. The van der Waals surface area contributed by atoms with E-state index in [1.165, 1.54) is 38.5 Å². The average Bonchev–Trinajstić information content (AvgIpc) is 3.57. The van der Waals surface area contributed by atoms with Crippen molar-refractivity contribution in [2.75, 3.05) is 0 Å². The zero-order chi connectivity index (χ0) is 25.4. The van der Waals surface area contributed by atoms with Crippen molar-refractivity contribution in [1.82, 2.24) is 19.7 Å². The number of aryl methyl sites for hydroxylation is 1. The van der Waals surface area contributed by atoms with Gasteiger partial charge in [-0.05, 0) is 56.4 Å². The summed E-state index contributed by atoms with van der Waals surface area (Å²) in [7, 11) is 0. The standard InChI is InChI=1S/C31H37N4O2/c1-21-16-17-29-28(18-21)33-31(37-29)27-20-32-34-30(27)23-10-9-15-26(19-23)35(22(2)36,24-11-5-3-6-12-24)25-13-7-4-8-14-25/h9-10,15-20,24-25H,3-8,11-14H2,1-2H3,(H,32,34)/q+1. The molecule has 6 rings (SSSR count). The summed E-state index contributed by atoms with van der Waals surface area (Å²) in [6.45, 7) is 3.89. The Morgan fingerprint density at radius 2 is 1.65 bits per heavy atom. The maximum Gasteiger partial charge on any atom is 0.316 e. The van der Waals surface area contributed by atoms with Crippen molar-refractivity contribution in [2.45, 2.75) is 90.1 Å². The molecule has 37 heavy (non-hydrogen) atoms. The van der Waals surface area contributed by atoms with E-state index in [1.54, 1.807) is 0 Å². The molecule has 2 aliphatic carbocycles. The van der Waals surface area contributed by atoms with Gasteiger partial charge in [-0.25, -0.2) is 14.3 Å². The molecular formula is C31H37N4O2+. The van der Waals surface area contributed by atoms with Gasteiger partial charge in [-0.2, -0.15) is 5.10 Å². The van der Waals surface area contributed by atoms with E-state index < -0.39 is 0 Å². The number of carbonyl (C=O) groups excluding carboxylic acids is 1. The predicted molar refractivity (Wildman–Crippen MR) is 148 cm³/mol. The van der Waals surface area contributed by atoms with Crippen LogP contribution in [0.25, 0.3) is 33.8 Å². The van der Waals surface area contributed by atoms with Gasteiger partial charge in [-0.3, -0.25) is 5.10 Å². The molecule has 2 aromatic carbocycles. The highest BCUT2D eigenvalue weighted by atomic mass is 16.3. The molecule has 0 atom stereocenters. The van der Waals surface area contributed by atoms with Gasteiger partial charge >= 0.3 is 5.91 Å². The van der Waals surface area contributed by atoms with Crippen LogP contribution in [0.5, 0.6) is 0 Å². The van der Waals surface area contributed by atoms with E-state index in [0.29, 0.717) is 22.5 Å². The van der Waals surface area contributed by atoms with Crippen molar-refractivity contribution in [3.05, 3.63) is 54.2 Å². The van der Waals surface area contributed by atoms with Crippen LogP contribution in [0, 0.1) is 6.92 Å². The van der Waals surface area contributed by atoms with Gasteiger partial charge < -0.3 is 4.42 Å². The van der Waals surface area contributed by atoms with Crippen LogP contribution in [0.2, 0.25) is 0 Å². The number of benzene rings is 2. The Morgan fingerprint density at radius 1 is 0.946 bits per heavy atom. The molecule has 0 aliphatic heterocycles. The van der Waals surface area contributed by atoms with E-state index in [2.05, 4.69) is 41.4 Å². The van der Waals surface area contributed by atoms with Crippen molar-refractivity contribution in [1.29, 1.82) is 0 Å². The van der Waals surface area contributed by atoms with E-state index in [1.807, 2.05) is 31.3 Å². The summed E-state index contributed by atoms with van der Waals surface area (Å²) in [6.07, 6.45) is 13.7. The Bertz CT molecular complexity index is 1390. The molecule has 1 amide bonds. The molecule has 192 valence electrons. The van der Waals surface area contributed by atoms with Gasteiger partial charge in [-0.15, -0.1) is 0 Å². The number of amides is 1. The number of fused-ring (bicyclic) bond motifs is 1. The number of nitrogens with one attached hydrogen (secondary N) is 1. The fraction of sp³-hybridized carbons (Fsp3) is 0.452. The lowest BCUT2D eigenvalue weighted by molar-refractivity contribution is -0.134. The van der Waals surface area contributed by atoms with Gasteiger partial charge in [0.25, 0.3) is 0 Å². The van der Waals surface area contributed by atoms with E-state index in [4.69, 9.17) is 9.40 Å². The lowest BCUT2D eigenvalue weighted by Crippen LogP contribution is -2.66. The van der Waals surface area contributed by atoms with Crippen molar-refractivity contribution in [3.63, 3.8) is 0 Å². The number of nitrogens with zero attached hydrogens (tertiary/aromatic N) is 3. The Hall–Kier alpha value is -3.25. The first-order valence-electron chi connectivity index (χ1n) is 14.0. The van der Waals surface area contributed by atoms with E-state index in [0.717, 1.165) is 64.9 Å². The highest BCUT2D eigenvalue weighted by Crippen LogP contribution is 2.43. The quantitative estimate of drug-likeness (QED) is 0.287. The monoisotopic (exact) mass is 497 g/mol. The number of H-pyrrole nitrogens is 1. The normalized spacial score (nSPS) is 17.9. The van der Waals surface area contributed by atoms with Gasteiger partial charge in [0.1, 0.15) is 29.0 Å². The van der Waals surface area contributed by atoms with Crippen LogP contribution < -0.4 is 4.48 Å². The summed E-state index contributed by atoms with van der Waals surface area (Å²) < 4.78 is 6.62. The lowest BCUT2D eigenvalue weighted by atomic mass is 9.84. The van der Waals surface area contributed by atoms with Crippen molar-refractivity contribution >= 4 is 22.7 Å². The Kier molecular flexibility index (Phi) is 6.45. The Morgan fingerprint density at radius 3 is 2.32 bits per heavy atom. The fourth-order valence-corrected chi connectivity index (χ4v) is 7.10. The van der Waals surface area contributed by atoms with Gasteiger partial charge in [-0.1, -0.05) is 31.0 Å². The third-order valence-corrected chi connectivity index (χ3v) is 8.78. The molecule has 6 nitrogen and oxygen atoms in total. The SMILES string of the molecule is CC(=O)[N+](c1cccc(-c2n[nH]cc2-c2nc3cc(C)ccc3o2)c1)(C1CCCCC1)C1CCCCC1. The molecule has 4 aromatic rings. The molecule has 0 spiro atoms. The van der Waals surface area contributed by atoms with Gasteiger partial charge in [0.2, 0.25) is 5.89 Å². The molecule has 0 bridgehead atoms. The second kappa shape index (κ2) is 9.90. The van der Waals surface area contributed by atoms with E-state index in [-0.39, 0.29) is 5.91 Å². The van der Waals surface area contributed by atoms with Crippen LogP contribution in [-0.2, 0) is 4.79 Å². The van der Waals surface area contributed by atoms with Gasteiger partial charge in [0, 0.05) is 43.5 Å². The minimum atomic E-state index is 0.285. The molecule has 2 aliphatic rings. The van der Waals surface area contributed by atoms with Crippen LogP contribution in [-0.4, -0.2) is 33.2 Å². The largest absolute Gasteiger partial charge is 0.436 e. The highest BCUT2D eigenvalue weighted by molar-refractivity contribution is 5.89. The van der Waals surface area contributed by atoms with Gasteiger partial charge in [0.05, 0.1) is 12.5 Å². The topological polar surface area (TPSA) is 71.8 Å². The number of hydrogen-bond acceptors (Lipinski definition) is 4. The number of rotatable bonds is 5. The van der Waals surface area contributed by atoms with Gasteiger partial charge in [0.15, 0.2) is 5.58 Å². The number of aromatic nitrogens is 3. The smallest absolute Gasteiger partial charge is 0.316 e. The molecule has 2 fully saturated rings. The molecule has 2 heterocycles. The first-order valence-corrected chi connectivity index (χ1v) is 14.0. The van der Waals surface area contributed by atoms with Crippen LogP contribution in [0.4, 0.5) is 5.69 Å². The summed E-state index contributed by atoms with van der Waals surface area (Å²) >= 11 is 0. The van der Waals surface area contributed by atoms with Crippen LogP contribution in [0.15, 0.2) is 53.1 Å². The molecule has 6 heteroatoms. The molecular weight excluding hydrogens is 460 g/mol. The number of quaternary nitrogens is 1. The summed E-state index contributed by atoms with van der Waals surface area (Å²) in [5.41, 5.74) is 6.51. The van der Waals surface area contributed by atoms with E-state index >= 15 is 0 Å². The predicted octanol–water partition coefficient (Wildman–Crippen LogP) is 7.71. The van der Waals surface area contributed by atoms with Crippen LogP contribution in [0.3, 0.4) is 0 Å². The number of oxazole rings is 1. The van der Waals surface area contributed by atoms with Crippen LogP contribution >= 0.6 is 0 Å². The lowest BCUT2D eigenvalue weighted by Gasteiger charge is -2.49. The second-order valence-corrected chi connectivity index (χ2v) is 11.1. The summed E-state index contributed by atoms with van der Waals surface area (Å²) in [5.74, 6) is 0.842. The second-order valence-electron chi connectivity index (χ2n) is 11.1. The highest BCUT2D eigenvalue weighted by Gasteiger charge is 2.50. The van der Waals surface area contributed by atoms with Crippen molar-refractivity contribution < 1.29 is 9.21 Å². The fourth-order valence-electron chi connectivity index (χ4n) is 7.10. The summed E-state index contributed by atoms with van der Waals surface area (Å²) in [6, 6.07) is 15.3. The molecule has 0 unspecified atom stereocenters. The zero-order valence-corrected chi connectivity index (χ0v) is 22.0. The average molecular weight is 498 g/mol. The molecule has 2 aromatic heterocycles. The first-order chi connectivity index (χ1) is 18.1. The number of aromatic amines is 1. The third kappa shape index (κ3) is 4.21. The van der Waals surface area contributed by atoms with Crippen molar-refractivity contribution in [3.8, 4) is 22.7 Å². The Balaban J connectivity index is 1.46. The third-order valence-electron chi connectivity index (χ3n) is 8.78. The molecule has 0 saturated heterocycles. The summed E-state index contributed by atoms with van der Waals surface area (Å²) in [5, 5.41) is 7.66. The number of hydrogen-bond donors (Lipinski definition) is 1. The maximum absolute atomic E-state index is 13.8. The van der Waals surface area contributed by atoms with E-state index in [9.17, 15) is 4.79 Å². The minimum Gasteiger partial charge on any atom is -0.436 e. The van der Waals surface area contributed by atoms with Crippen molar-refractivity contribution in [2.24, 2.45) is 0 Å². The maximum atomic E-state index is 13.8. The first kappa shape index (κ1) is 24.1. The van der Waals surface area contributed by atoms with Crippen LogP contribution in [0.1, 0.15) is 76.7 Å². The zero-order valence-electron chi connectivity index (χ0n) is 22.0. The summed E-state index contributed by atoms with van der Waals surface area (Å²) in [4.78, 5) is 18.6. The molecule has 1 N–H and O–H groups in total.